The van der Waals surface area contributed by atoms with Crippen molar-refractivity contribution < 1.29 is 25.9 Å². The summed E-state index contributed by atoms with van der Waals surface area (Å²) in [5.41, 5.74) is 2.23. The Bertz CT molecular complexity index is 1620. The van der Waals surface area contributed by atoms with Gasteiger partial charge in [0, 0.05) is 0 Å². The first-order chi connectivity index (χ1) is 38.1. The summed E-state index contributed by atoms with van der Waals surface area (Å²) in [5.74, 6) is 0. The van der Waals surface area contributed by atoms with Gasteiger partial charge in [0.2, 0.25) is 0 Å². The van der Waals surface area contributed by atoms with Crippen LogP contribution in [0, 0.1) is 0 Å². The normalized spacial score (nSPS) is 11.7. The first-order valence-corrected chi connectivity index (χ1v) is 37.0. The minimum Gasteiger partial charge on any atom is -0.744 e. The molecule has 0 aromatic heterocycles. The van der Waals surface area contributed by atoms with Crippen LogP contribution >= 0.6 is 0 Å². The van der Waals surface area contributed by atoms with Gasteiger partial charge in [-0.05, 0) is 61.1 Å². The van der Waals surface area contributed by atoms with Gasteiger partial charge in [0.05, 0.1) is 9.79 Å². The number of unbranched alkanes of at least 4 members (excludes halogenated alkanes) is 52. The third-order valence-corrected chi connectivity index (χ3v) is 18.3. The Hall–Kier alpha value is -0.169. The molecule has 0 fully saturated rings. The van der Waals surface area contributed by atoms with Crippen molar-refractivity contribution in [3.8, 4) is 0 Å². The van der Waals surface area contributed by atoms with Crippen molar-refractivity contribution in [2.75, 3.05) is 0 Å². The SMILES string of the molecule is CCCCCCCCCCCCCCCCCCCCCCCCCCCCCc1ccc(S(=O)(=O)[O-])cc1.CCCCCCCCCCCCCCCCCCCCCCCCCCCCCc1ccc(S(=O)(=O)[O-])cc1.[Ba+2]. The van der Waals surface area contributed by atoms with Gasteiger partial charge < -0.3 is 9.11 Å². The summed E-state index contributed by atoms with van der Waals surface area (Å²) in [7, 11) is -8.66. The van der Waals surface area contributed by atoms with E-state index in [0.29, 0.717) is 0 Å². The van der Waals surface area contributed by atoms with E-state index in [9.17, 15) is 25.9 Å². The molecule has 0 heterocycles. The molecule has 2 aromatic rings. The van der Waals surface area contributed by atoms with Gasteiger partial charge in [-0.2, -0.15) is 0 Å². The number of aryl methyl sites for hydroxylation is 2. The largest absolute Gasteiger partial charge is 2.00 e. The molecular formula is C70H126BaO6S2. The van der Waals surface area contributed by atoms with Crippen molar-refractivity contribution in [1.29, 1.82) is 0 Å². The molecule has 0 aliphatic rings. The van der Waals surface area contributed by atoms with Crippen LogP contribution in [0.15, 0.2) is 58.3 Å². The topological polar surface area (TPSA) is 114 Å². The van der Waals surface area contributed by atoms with Gasteiger partial charge >= 0.3 is 48.9 Å². The van der Waals surface area contributed by atoms with Crippen LogP contribution in [0.2, 0.25) is 0 Å². The molecule has 0 spiro atoms. The third kappa shape index (κ3) is 55.5. The van der Waals surface area contributed by atoms with Crippen molar-refractivity contribution in [1.82, 2.24) is 0 Å². The number of benzene rings is 2. The molecule has 79 heavy (non-hydrogen) atoms. The Balaban J connectivity index is 0.00000152. The molecule has 9 heteroatoms. The molecule has 2 rings (SSSR count). The summed E-state index contributed by atoms with van der Waals surface area (Å²) in [4.78, 5) is -0.266. The van der Waals surface area contributed by atoms with E-state index in [4.69, 9.17) is 0 Å². The third-order valence-electron chi connectivity index (χ3n) is 16.6. The van der Waals surface area contributed by atoms with Crippen LogP contribution in [0.3, 0.4) is 0 Å². The molecule has 0 unspecified atom stereocenters. The second-order valence-electron chi connectivity index (χ2n) is 24.1. The van der Waals surface area contributed by atoms with Crippen LogP contribution in [0.5, 0.6) is 0 Å². The Labute approximate surface area is 532 Å². The molecule has 2 aromatic carbocycles. The molecule has 0 N–H and O–H groups in total. The molecule has 0 saturated carbocycles. The number of hydrogen-bond donors (Lipinski definition) is 0. The van der Waals surface area contributed by atoms with E-state index in [2.05, 4.69) is 13.8 Å². The van der Waals surface area contributed by atoms with E-state index in [1.807, 2.05) is 0 Å². The molecule has 0 atom stereocenters. The van der Waals surface area contributed by atoms with Gasteiger partial charge in [-0.15, -0.1) is 0 Å². The quantitative estimate of drug-likeness (QED) is 0.0370. The van der Waals surface area contributed by atoms with Crippen LogP contribution in [0.25, 0.3) is 0 Å². The molecule has 0 amide bonds. The molecule has 0 aliphatic carbocycles. The van der Waals surface area contributed by atoms with Crippen molar-refractivity contribution in [3.63, 3.8) is 0 Å². The molecule has 6 nitrogen and oxygen atoms in total. The zero-order valence-corrected chi connectivity index (χ0v) is 58.3. The first kappa shape index (κ1) is 78.8. The molecule has 0 saturated heterocycles. The summed E-state index contributed by atoms with van der Waals surface area (Å²) in [6, 6.07) is 12.8. The van der Waals surface area contributed by atoms with Crippen LogP contribution < -0.4 is 0 Å². The number of rotatable bonds is 58. The maximum absolute atomic E-state index is 11.0. The monoisotopic (exact) mass is 1260 g/mol. The summed E-state index contributed by atoms with van der Waals surface area (Å²) >= 11 is 0. The van der Waals surface area contributed by atoms with Crippen molar-refractivity contribution >= 4 is 69.1 Å². The minimum atomic E-state index is -4.33. The van der Waals surface area contributed by atoms with Crippen molar-refractivity contribution in [2.24, 2.45) is 0 Å². The molecule has 456 valence electrons. The van der Waals surface area contributed by atoms with Crippen molar-refractivity contribution in [3.05, 3.63) is 59.7 Å². The Morgan fingerprint density at radius 3 is 0.481 bits per heavy atom. The van der Waals surface area contributed by atoms with E-state index in [-0.39, 0.29) is 58.7 Å². The minimum absolute atomic E-state index is 0. The predicted molar refractivity (Wildman–Crippen MR) is 343 cm³/mol. The van der Waals surface area contributed by atoms with Crippen LogP contribution in [-0.2, 0) is 33.1 Å². The maximum Gasteiger partial charge on any atom is 2.00 e. The summed E-state index contributed by atoms with van der Waals surface area (Å²) in [6.07, 6.45) is 78.0. The van der Waals surface area contributed by atoms with E-state index in [1.54, 1.807) is 24.3 Å². The molecule has 0 bridgehead atoms. The smallest absolute Gasteiger partial charge is 0.744 e. The van der Waals surface area contributed by atoms with Gasteiger partial charge in [0.1, 0.15) is 20.2 Å². The average Bonchev–Trinajstić information content (AvgIpc) is 3.43. The Morgan fingerprint density at radius 1 is 0.228 bits per heavy atom. The van der Waals surface area contributed by atoms with Gasteiger partial charge in [-0.25, -0.2) is 16.8 Å². The first-order valence-electron chi connectivity index (χ1n) is 34.2. The average molecular weight is 1270 g/mol. The predicted octanol–water partition coefficient (Wildman–Crippen LogP) is 23.0. The van der Waals surface area contributed by atoms with Crippen molar-refractivity contribution in [2.45, 2.75) is 383 Å². The second-order valence-corrected chi connectivity index (χ2v) is 26.8. The summed E-state index contributed by atoms with van der Waals surface area (Å²) in [5, 5.41) is 0. The van der Waals surface area contributed by atoms with Gasteiger partial charge in [-0.3, -0.25) is 0 Å². The zero-order chi connectivity index (χ0) is 56.6. The summed E-state index contributed by atoms with van der Waals surface area (Å²) in [6.45, 7) is 4.59. The van der Waals surface area contributed by atoms with Crippen LogP contribution in [0.4, 0.5) is 0 Å². The summed E-state index contributed by atoms with van der Waals surface area (Å²) < 4.78 is 65.9. The zero-order valence-electron chi connectivity index (χ0n) is 52.2. The Morgan fingerprint density at radius 2 is 0.354 bits per heavy atom. The van der Waals surface area contributed by atoms with E-state index in [1.165, 1.54) is 358 Å². The van der Waals surface area contributed by atoms with E-state index in [0.717, 1.165) is 36.8 Å². The van der Waals surface area contributed by atoms with Gasteiger partial charge in [0.25, 0.3) is 0 Å². The van der Waals surface area contributed by atoms with Crippen LogP contribution in [0.1, 0.15) is 372 Å². The molecule has 0 radical (unpaired) electrons. The number of hydrogen-bond acceptors (Lipinski definition) is 6. The van der Waals surface area contributed by atoms with E-state index < -0.39 is 20.2 Å². The van der Waals surface area contributed by atoms with Gasteiger partial charge in [0.15, 0.2) is 0 Å². The fourth-order valence-corrected chi connectivity index (χ4v) is 12.2. The molecule has 0 aliphatic heterocycles. The van der Waals surface area contributed by atoms with Crippen LogP contribution in [-0.4, -0.2) is 74.8 Å². The molecular weight excluding hydrogens is 1140 g/mol. The Kier molecular flexibility index (Phi) is 59.4. The fourth-order valence-electron chi connectivity index (χ4n) is 11.3. The second kappa shape index (κ2) is 59.6. The van der Waals surface area contributed by atoms with E-state index >= 15 is 0 Å². The maximum atomic E-state index is 11.0. The van der Waals surface area contributed by atoms with Gasteiger partial charge in [-0.1, -0.05) is 372 Å². The standard InChI is InChI=1S/2C35H64O3S.Ba/c2*1-2-3-4-5-6-7-8-9-10-11-12-13-14-15-16-17-18-19-20-21-22-23-24-25-26-27-28-29-34-30-32-35(33-31-34)39(36,37)38;/h2*30-33H,2-29H2,1H3,(H,36,37,38);/q;;+2/p-2. The fraction of sp³-hybridized carbons (Fsp3) is 0.829.